The van der Waals surface area contributed by atoms with E-state index < -0.39 is 6.23 Å². The van der Waals surface area contributed by atoms with Crippen LogP contribution in [0.1, 0.15) is 32.6 Å². The summed E-state index contributed by atoms with van der Waals surface area (Å²) in [7, 11) is 0. The number of carbonyl (C=O) groups excluding carboxylic acids is 2. The Hall–Kier alpha value is -2.25. The molecule has 5 nitrogen and oxygen atoms in total. The summed E-state index contributed by atoms with van der Waals surface area (Å²) in [6.07, 6.45) is 1.04. The van der Waals surface area contributed by atoms with Gasteiger partial charge in [0.1, 0.15) is 17.3 Å². The van der Waals surface area contributed by atoms with E-state index >= 15 is 0 Å². The van der Waals surface area contributed by atoms with Gasteiger partial charge < -0.3 is 4.74 Å². The van der Waals surface area contributed by atoms with E-state index in [-0.39, 0.29) is 22.2 Å². The predicted molar refractivity (Wildman–Crippen MR) is 109 cm³/mol. The van der Waals surface area contributed by atoms with Crippen LogP contribution in [0.5, 0.6) is 5.75 Å². The first-order valence-electron chi connectivity index (χ1n) is 8.25. The molecule has 0 saturated heterocycles. The lowest BCUT2D eigenvalue weighted by molar-refractivity contribution is 0.0989. The van der Waals surface area contributed by atoms with E-state index in [0.717, 1.165) is 11.1 Å². The molecule has 0 spiro atoms. The third-order valence-electron chi connectivity index (χ3n) is 4.43. The lowest BCUT2D eigenvalue weighted by atomic mass is 10.0. The number of fused-ring (bicyclic) bond motifs is 3. The van der Waals surface area contributed by atoms with Gasteiger partial charge in [-0.05, 0) is 12.1 Å². The molecule has 0 N–H and O–H groups in total. The second-order valence-corrected chi connectivity index (χ2v) is 7.16. The molecule has 4 rings (SSSR count). The lowest BCUT2D eigenvalue weighted by Gasteiger charge is -2.30. The molecule has 0 radical (unpaired) electrons. The minimum atomic E-state index is -0.538. The van der Waals surface area contributed by atoms with Crippen molar-refractivity contribution in [2.75, 3.05) is 10.7 Å². The van der Waals surface area contributed by atoms with E-state index in [0.29, 0.717) is 22.8 Å². The Morgan fingerprint density at radius 1 is 1.04 bits per heavy atom. The highest BCUT2D eigenvalue weighted by molar-refractivity contribution is 9.09. The number of aromatic nitrogens is 2. The topological polar surface area (TPSA) is 61.2 Å². The highest BCUT2D eigenvalue weighted by atomic mass is 79.9. The predicted octanol–water partition coefficient (Wildman–Crippen LogP) is 4.64. The zero-order chi connectivity index (χ0) is 19.0. The minimum absolute atomic E-state index is 0.0262. The van der Waals surface area contributed by atoms with Crippen LogP contribution >= 0.6 is 31.9 Å². The van der Waals surface area contributed by atoms with E-state index in [1.807, 2.05) is 41.0 Å². The van der Waals surface area contributed by atoms with Gasteiger partial charge in [0.15, 0.2) is 11.6 Å². The monoisotopic (exact) mass is 488 g/mol. The number of benzene rings is 2. The number of nitrogens with zero attached hydrogens (tertiary/aromatic N) is 2. The van der Waals surface area contributed by atoms with Crippen LogP contribution in [0.4, 0.5) is 0 Å². The van der Waals surface area contributed by atoms with E-state index in [1.165, 1.54) is 0 Å². The summed E-state index contributed by atoms with van der Waals surface area (Å²) in [6.45, 7) is 0. The molecule has 7 heteroatoms. The molecular weight excluding hydrogens is 476 g/mol. The summed E-state index contributed by atoms with van der Waals surface area (Å²) in [6, 6.07) is 14.9. The average molecular weight is 490 g/mol. The fourth-order valence-corrected chi connectivity index (χ4v) is 3.75. The lowest BCUT2D eigenvalue weighted by Crippen LogP contribution is -2.26. The fraction of sp³-hybridized carbons (Fsp3) is 0.150. The van der Waals surface area contributed by atoms with Gasteiger partial charge in [0.25, 0.3) is 0 Å². The number of imidazole rings is 1. The molecule has 136 valence electrons. The third kappa shape index (κ3) is 3.15. The Kier molecular flexibility index (Phi) is 4.97. The molecule has 3 aromatic rings. The summed E-state index contributed by atoms with van der Waals surface area (Å²) in [5, 5.41) is 0.442. The maximum absolute atomic E-state index is 12.4. The second kappa shape index (κ2) is 7.40. The van der Waals surface area contributed by atoms with Crippen molar-refractivity contribution in [1.82, 2.24) is 9.55 Å². The summed E-state index contributed by atoms with van der Waals surface area (Å²) >= 11 is 6.43. The number of halogens is 2. The molecule has 1 aliphatic rings. The van der Waals surface area contributed by atoms with Crippen molar-refractivity contribution in [3.05, 3.63) is 71.5 Å². The van der Waals surface area contributed by atoms with Crippen LogP contribution in [-0.4, -0.2) is 31.8 Å². The van der Waals surface area contributed by atoms with E-state index in [2.05, 4.69) is 36.8 Å². The number of hydrogen-bond acceptors (Lipinski definition) is 4. The summed E-state index contributed by atoms with van der Waals surface area (Å²) in [5.74, 6) is 1.12. The van der Waals surface area contributed by atoms with Gasteiger partial charge >= 0.3 is 0 Å². The molecule has 0 fully saturated rings. The van der Waals surface area contributed by atoms with Crippen molar-refractivity contribution in [2.24, 2.45) is 0 Å². The number of carbonyl (C=O) groups is 2. The quantitative estimate of drug-likeness (QED) is 0.386. The first kappa shape index (κ1) is 18.1. The third-order valence-corrected chi connectivity index (χ3v) is 5.45. The Morgan fingerprint density at radius 2 is 1.78 bits per heavy atom. The molecule has 1 aromatic heterocycles. The van der Waals surface area contributed by atoms with Gasteiger partial charge in [0, 0.05) is 11.1 Å². The van der Waals surface area contributed by atoms with E-state index in [4.69, 9.17) is 4.74 Å². The van der Waals surface area contributed by atoms with Crippen LogP contribution in [-0.2, 0) is 0 Å². The number of ether oxygens (including phenoxy) is 1. The van der Waals surface area contributed by atoms with Gasteiger partial charge in [0.2, 0.25) is 6.23 Å². The van der Waals surface area contributed by atoms with Crippen LogP contribution in [0.2, 0.25) is 0 Å². The number of hydrogen-bond donors (Lipinski definition) is 0. The summed E-state index contributed by atoms with van der Waals surface area (Å²) in [5.41, 5.74) is 2.68. The summed E-state index contributed by atoms with van der Waals surface area (Å²) in [4.78, 5) is 28.9. The minimum Gasteiger partial charge on any atom is -0.465 e. The zero-order valence-corrected chi connectivity index (χ0v) is 17.2. The zero-order valence-electron chi connectivity index (χ0n) is 14.1. The number of Topliss-reactive ketones (excluding diaryl/α,β-unsaturated/α-hetero) is 2. The maximum Gasteiger partial charge on any atom is 0.204 e. The first-order chi connectivity index (χ1) is 13.1. The molecule has 0 bridgehead atoms. The van der Waals surface area contributed by atoms with Gasteiger partial charge in [-0.25, -0.2) is 4.98 Å². The van der Waals surface area contributed by atoms with Crippen molar-refractivity contribution in [1.29, 1.82) is 0 Å². The van der Waals surface area contributed by atoms with Gasteiger partial charge in [-0.15, -0.1) is 0 Å². The van der Waals surface area contributed by atoms with Crippen molar-refractivity contribution >= 4 is 43.4 Å². The van der Waals surface area contributed by atoms with Crippen molar-refractivity contribution in [3.63, 3.8) is 0 Å². The molecule has 1 unspecified atom stereocenters. The number of rotatable bonds is 5. The van der Waals surface area contributed by atoms with Crippen molar-refractivity contribution in [3.8, 4) is 17.1 Å². The number of ketones is 2. The van der Waals surface area contributed by atoms with Crippen LogP contribution < -0.4 is 4.74 Å². The Balaban J connectivity index is 1.91. The normalized spacial score (nSPS) is 14.8. The van der Waals surface area contributed by atoms with Crippen LogP contribution in [0.25, 0.3) is 11.4 Å². The van der Waals surface area contributed by atoms with Gasteiger partial charge in [0.05, 0.1) is 22.4 Å². The Labute approximate surface area is 172 Å². The molecule has 2 aromatic carbocycles. The van der Waals surface area contributed by atoms with Gasteiger partial charge in [-0.2, -0.15) is 0 Å². The SMILES string of the molecule is O=C(CBr)c1ccc2c(c1)OC(c1ccccc1)n1c(C(=O)CBr)cnc1-2. The fourth-order valence-electron chi connectivity index (χ4n) is 3.14. The molecule has 0 saturated carbocycles. The van der Waals surface area contributed by atoms with E-state index in [9.17, 15) is 9.59 Å². The Bertz CT molecular complexity index is 1030. The Morgan fingerprint density at radius 3 is 2.48 bits per heavy atom. The molecule has 0 aliphatic carbocycles. The highest BCUT2D eigenvalue weighted by Crippen LogP contribution is 2.41. The van der Waals surface area contributed by atoms with Gasteiger partial charge in [-0.3, -0.25) is 14.2 Å². The molecule has 1 aliphatic heterocycles. The smallest absolute Gasteiger partial charge is 0.204 e. The van der Waals surface area contributed by atoms with Crippen LogP contribution in [0, 0.1) is 0 Å². The molecular formula is C20H14Br2N2O3. The van der Waals surface area contributed by atoms with E-state index in [1.54, 1.807) is 18.3 Å². The largest absolute Gasteiger partial charge is 0.465 e. The summed E-state index contributed by atoms with van der Waals surface area (Å²) < 4.78 is 8.07. The van der Waals surface area contributed by atoms with Crippen LogP contribution in [0.15, 0.2) is 54.7 Å². The molecule has 27 heavy (non-hydrogen) atoms. The molecule has 2 heterocycles. The number of alkyl halides is 2. The first-order valence-corrected chi connectivity index (χ1v) is 10.5. The highest BCUT2D eigenvalue weighted by Gasteiger charge is 2.32. The average Bonchev–Trinajstić information content (AvgIpc) is 3.17. The second-order valence-electron chi connectivity index (χ2n) is 6.04. The molecule has 1 atom stereocenters. The van der Waals surface area contributed by atoms with Crippen LogP contribution in [0.3, 0.4) is 0 Å². The van der Waals surface area contributed by atoms with Gasteiger partial charge in [-0.1, -0.05) is 68.3 Å². The van der Waals surface area contributed by atoms with Crippen molar-refractivity contribution < 1.29 is 14.3 Å². The molecule has 0 amide bonds. The standard InChI is InChI=1S/C20H14Br2N2O3/c21-9-16(25)13-6-7-14-18(8-13)27-20(12-4-2-1-3-5-12)24-15(17(26)10-22)11-23-19(14)24/h1-8,11,20H,9-10H2. The van der Waals surface area contributed by atoms with Crippen molar-refractivity contribution in [2.45, 2.75) is 6.23 Å². The maximum atomic E-state index is 12.4.